The van der Waals surface area contributed by atoms with Crippen LogP contribution in [0.25, 0.3) is 10.7 Å². The minimum Gasteiger partial charge on any atom is -0.330 e. The Morgan fingerprint density at radius 2 is 2.36 bits per heavy atom. The van der Waals surface area contributed by atoms with Crippen LogP contribution in [0.3, 0.4) is 0 Å². The average Bonchev–Trinajstić information content (AvgIpc) is 2.74. The second-order valence-corrected chi connectivity index (χ2v) is 4.46. The molecule has 2 heterocycles. The van der Waals surface area contributed by atoms with Gasteiger partial charge in [-0.1, -0.05) is 11.6 Å². The Balaban J connectivity index is 2.24. The van der Waals surface area contributed by atoms with E-state index in [9.17, 15) is 0 Å². The summed E-state index contributed by atoms with van der Waals surface area (Å²) in [5, 5.41) is 6.92. The first kappa shape index (κ1) is 9.64. The molecule has 0 aliphatic carbocycles. The summed E-state index contributed by atoms with van der Waals surface area (Å²) in [7, 11) is 0. The van der Waals surface area contributed by atoms with Crippen LogP contribution in [0, 0.1) is 0 Å². The predicted molar refractivity (Wildman–Crippen MR) is 57.5 cm³/mol. The van der Waals surface area contributed by atoms with Crippen LogP contribution < -0.4 is 5.73 Å². The lowest BCUT2D eigenvalue weighted by atomic mass is 10.4. The Hall–Kier alpha value is -0.910. The smallest absolute Gasteiger partial charge is 0.191 e. The zero-order valence-electron chi connectivity index (χ0n) is 7.33. The summed E-state index contributed by atoms with van der Waals surface area (Å²) in [6.45, 7) is 0.569. The Labute approximate surface area is 90.1 Å². The first-order chi connectivity index (χ1) is 6.79. The molecule has 0 spiro atoms. The number of halogens is 1. The Kier molecular flexibility index (Phi) is 2.81. The predicted octanol–water partition coefficient (Wildman–Crippen LogP) is 1.69. The molecule has 0 unspecified atom stereocenters. The second kappa shape index (κ2) is 4.08. The van der Waals surface area contributed by atoms with Gasteiger partial charge in [0.05, 0.1) is 9.21 Å². The van der Waals surface area contributed by atoms with Crippen molar-refractivity contribution in [2.45, 2.75) is 6.42 Å². The molecule has 0 saturated carbocycles. The van der Waals surface area contributed by atoms with E-state index >= 15 is 0 Å². The van der Waals surface area contributed by atoms with Crippen LogP contribution in [0.15, 0.2) is 12.1 Å². The molecule has 74 valence electrons. The Morgan fingerprint density at radius 1 is 1.50 bits per heavy atom. The average molecular weight is 229 g/mol. The Bertz CT molecular complexity index is 422. The van der Waals surface area contributed by atoms with Crippen LogP contribution in [0.1, 0.15) is 5.82 Å². The van der Waals surface area contributed by atoms with E-state index in [-0.39, 0.29) is 0 Å². The molecule has 0 bridgehead atoms. The minimum absolute atomic E-state index is 0.569. The molecule has 0 saturated heterocycles. The summed E-state index contributed by atoms with van der Waals surface area (Å²) in [6, 6.07) is 3.74. The van der Waals surface area contributed by atoms with Crippen LogP contribution in [-0.4, -0.2) is 21.7 Å². The van der Waals surface area contributed by atoms with E-state index in [4.69, 9.17) is 17.3 Å². The van der Waals surface area contributed by atoms with Crippen molar-refractivity contribution in [2.24, 2.45) is 5.73 Å². The Morgan fingerprint density at radius 3 is 3.00 bits per heavy atom. The zero-order valence-corrected chi connectivity index (χ0v) is 8.90. The second-order valence-electron chi connectivity index (χ2n) is 2.75. The first-order valence-corrected chi connectivity index (χ1v) is 5.36. The fourth-order valence-electron chi connectivity index (χ4n) is 1.09. The monoisotopic (exact) mass is 228 g/mol. The summed E-state index contributed by atoms with van der Waals surface area (Å²) in [4.78, 5) is 5.26. The van der Waals surface area contributed by atoms with E-state index in [2.05, 4.69) is 15.2 Å². The molecule has 4 nitrogen and oxygen atoms in total. The van der Waals surface area contributed by atoms with Crippen molar-refractivity contribution in [3.63, 3.8) is 0 Å². The molecule has 0 atom stereocenters. The van der Waals surface area contributed by atoms with Gasteiger partial charge in [-0.15, -0.1) is 11.3 Å². The van der Waals surface area contributed by atoms with Crippen LogP contribution in [0.5, 0.6) is 0 Å². The van der Waals surface area contributed by atoms with Crippen molar-refractivity contribution in [3.05, 3.63) is 22.3 Å². The van der Waals surface area contributed by atoms with Crippen LogP contribution in [-0.2, 0) is 6.42 Å². The quantitative estimate of drug-likeness (QED) is 0.840. The standard InChI is InChI=1S/C8H9ClN4S/c9-6-2-1-5(14-6)8-11-7(3-4-10)12-13-8/h1-2H,3-4,10H2,(H,11,12,13). The number of thiophene rings is 1. The molecule has 2 aromatic rings. The van der Waals surface area contributed by atoms with Crippen molar-refractivity contribution < 1.29 is 0 Å². The van der Waals surface area contributed by atoms with E-state index in [1.807, 2.05) is 12.1 Å². The van der Waals surface area contributed by atoms with Crippen LogP contribution in [0.4, 0.5) is 0 Å². The van der Waals surface area contributed by atoms with Gasteiger partial charge >= 0.3 is 0 Å². The summed E-state index contributed by atoms with van der Waals surface area (Å²) < 4.78 is 0.741. The van der Waals surface area contributed by atoms with Crippen LogP contribution >= 0.6 is 22.9 Å². The maximum Gasteiger partial charge on any atom is 0.191 e. The maximum absolute atomic E-state index is 5.81. The molecular formula is C8H9ClN4S. The lowest BCUT2D eigenvalue weighted by Gasteiger charge is -1.87. The van der Waals surface area contributed by atoms with E-state index in [1.165, 1.54) is 11.3 Å². The van der Waals surface area contributed by atoms with Crippen LogP contribution in [0.2, 0.25) is 4.34 Å². The minimum atomic E-state index is 0.569. The molecular weight excluding hydrogens is 220 g/mol. The third kappa shape index (κ3) is 1.95. The largest absolute Gasteiger partial charge is 0.330 e. The van der Waals surface area contributed by atoms with Crippen molar-refractivity contribution >= 4 is 22.9 Å². The summed E-state index contributed by atoms with van der Waals surface area (Å²) >= 11 is 7.27. The van der Waals surface area contributed by atoms with Gasteiger partial charge in [-0.3, -0.25) is 5.10 Å². The summed E-state index contributed by atoms with van der Waals surface area (Å²) in [5.41, 5.74) is 5.41. The van der Waals surface area contributed by atoms with Gasteiger partial charge in [0.15, 0.2) is 5.82 Å². The fraction of sp³-hybridized carbons (Fsp3) is 0.250. The van der Waals surface area contributed by atoms with Gasteiger partial charge in [0, 0.05) is 6.42 Å². The van der Waals surface area contributed by atoms with Gasteiger partial charge in [0.2, 0.25) is 0 Å². The number of nitrogens with one attached hydrogen (secondary N) is 1. The molecule has 0 radical (unpaired) electrons. The molecule has 2 aromatic heterocycles. The number of rotatable bonds is 3. The SMILES string of the molecule is NCCc1nc(-c2ccc(Cl)s2)n[nH]1. The van der Waals surface area contributed by atoms with Gasteiger partial charge in [-0.05, 0) is 18.7 Å². The van der Waals surface area contributed by atoms with Crippen molar-refractivity contribution in [2.75, 3.05) is 6.54 Å². The highest BCUT2D eigenvalue weighted by Crippen LogP contribution is 2.28. The normalized spacial score (nSPS) is 10.7. The molecule has 0 aliphatic heterocycles. The first-order valence-electron chi connectivity index (χ1n) is 4.16. The number of nitrogens with two attached hydrogens (primary N) is 1. The molecule has 0 amide bonds. The lowest BCUT2D eigenvalue weighted by Crippen LogP contribution is -2.03. The highest BCUT2D eigenvalue weighted by molar-refractivity contribution is 7.19. The highest BCUT2D eigenvalue weighted by Gasteiger charge is 2.07. The molecule has 0 aromatic carbocycles. The molecule has 0 aliphatic rings. The van der Waals surface area contributed by atoms with Gasteiger partial charge in [0.1, 0.15) is 5.82 Å². The van der Waals surface area contributed by atoms with Crippen molar-refractivity contribution in [1.29, 1.82) is 0 Å². The summed E-state index contributed by atoms with van der Waals surface area (Å²) in [6.07, 6.45) is 0.714. The molecule has 2 rings (SSSR count). The van der Waals surface area contributed by atoms with Crippen molar-refractivity contribution in [1.82, 2.24) is 15.2 Å². The molecule has 0 fully saturated rings. The lowest BCUT2D eigenvalue weighted by molar-refractivity contribution is 0.874. The summed E-state index contributed by atoms with van der Waals surface area (Å²) in [5.74, 6) is 1.50. The van der Waals surface area contributed by atoms with Gasteiger partial charge in [-0.25, -0.2) is 4.98 Å². The van der Waals surface area contributed by atoms with E-state index in [0.717, 1.165) is 15.0 Å². The molecule has 14 heavy (non-hydrogen) atoms. The number of hydrogen-bond acceptors (Lipinski definition) is 4. The third-order valence-electron chi connectivity index (χ3n) is 1.71. The number of aromatic nitrogens is 3. The zero-order chi connectivity index (χ0) is 9.97. The number of H-pyrrole nitrogens is 1. The molecule has 6 heteroatoms. The number of aromatic amines is 1. The van der Waals surface area contributed by atoms with E-state index in [1.54, 1.807) is 0 Å². The number of hydrogen-bond donors (Lipinski definition) is 2. The van der Waals surface area contributed by atoms with Gasteiger partial charge < -0.3 is 5.73 Å². The van der Waals surface area contributed by atoms with Crippen molar-refractivity contribution in [3.8, 4) is 10.7 Å². The van der Waals surface area contributed by atoms with Gasteiger partial charge in [0.25, 0.3) is 0 Å². The fourth-order valence-corrected chi connectivity index (χ4v) is 2.07. The number of nitrogens with zero attached hydrogens (tertiary/aromatic N) is 2. The highest BCUT2D eigenvalue weighted by atomic mass is 35.5. The molecule has 3 N–H and O–H groups in total. The maximum atomic E-state index is 5.81. The van der Waals surface area contributed by atoms with E-state index < -0.39 is 0 Å². The topological polar surface area (TPSA) is 67.6 Å². The third-order valence-corrected chi connectivity index (χ3v) is 2.93. The van der Waals surface area contributed by atoms with Gasteiger partial charge in [-0.2, -0.15) is 5.10 Å². The van der Waals surface area contributed by atoms with E-state index in [0.29, 0.717) is 18.8 Å².